The first-order valence-corrected chi connectivity index (χ1v) is 12.7. The number of aromatic nitrogens is 2. The van der Waals surface area contributed by atoms with Gasteiger partial charge in [0, 0.05) is 41.1 Å². The van der Waals surface area contributed by atoms with Gasteiger partial charge in [-0.2, -0.15) is 0 Å². The number of pyridine rings is 2. The standard InChI is InChI=1S/C30H33N3O2/c1-19-17-21(18-26(32-19)23-7-4-5-8-23)10-15-27(34)24-13-11-22(12-14-24)20(2)30(3)25-9-6-16-31-28(25)33-29(30)35/h6,9,11-14,16-18,20,23H,4-5,7-8,10,15H2,1-3H3,(H,31,33,35)/t20-,30-/m1/s1. The molecule has 2 atom stereocenters. The molecule has 0 unspecified atom stereocenters. The highest BCUT2D eigenvalue weighted by Gasteiger charge is 2.47. The van der Waals surface area contributed by atoms with E-state index >= 15 is 0 Å². The molecule has 35 heavy (non-hydrogen) atoms. The quantitative estimate of drug-likeness (QED) is 0.416. The average Bonchev–Trinajstić information content (AvgIpc) is 3.49. The van der Waals surface area contributed by atoms with E-state index in [2.05, 4.69) is 29.4 Å². The zero-order chi connectivity index (χ0) is 24.6. The summed E-state index contributed by atoms with van der Waals surface area (Å²) in [5.74, 6) is 1.25. The highest BCUT2D eigenvalue weighted by molar-refractivity contribution is 6.05. The molecule has 2 aliphatic rings. The maximum absolute atomic E-state index is 13.0. The summed E-state index contributed by atoms with van der Waals surface area (Å²) in [4.78, 5) is 34.9. The second-order valence-corrected chi connectivity index (χ2v) is 10.3. The van der Waals surface area contributed by atoms with Crippen molar-refractivity contribution in [2.75, 3.05) is 5.32 Å². The van der Waals surface area contributed by atoms with Crippen molar-refractivity contribution < 1.29 is 9.59 Å². The van der Waals surface area contributed by atoms with E-state index in [9.17, 15) is 9.59 Å². The molecule has 0 radical (unpaired) electrons. The molecule has 1 aromatic carbocycles. The molecule has 0 spiro atoms. The predicted octanol–water partition coefficient (Wildman–Crippen LogP) is 6.27. The topological polar surface area (TPSA) is 72.0 Å². The van der Waals surface area contributed by atoms with Gasteiger partial charge in [-0.15, -0.1) is 0 Å². The van der Waals surface area contributed by atoms with Gasteiger partial charge in [0.2, 0.25) is 5.91 Å². The van der Waals surface area contributed by atoms with Crippen molar-refractivity contribution in [1.82, 2.24) is 9.97 Å². The number of ketones is 1. The first kappa shape index (κ1) is 23.4. The zero-order valence-corrected chi connectivity index (χ0v) is 20.8. The number of hydrogen-bond acceptors (Lipinski definition) is 4. The number of carbonyl (C=O) groups is 2. The van der Waals surface area contributed by atoms with Crippen LogP contribution in [0.4, 0.5) is 5.82 Å². The zero-order valence-electron chi connectivity index (χ0n) is 20.8. The molecule has 1 aliphatic heterocycles. The molecule has 180 valence electrons. The Bertz CT molecular complexity index is 1260. The molecule has 1 amide bonds. The summed E-state index contributed by atoms with van der Waals surface area (Å²) in [7, 11) is 0. The monoisotopic (exact) mass is 467 g/mol. The van der Waals surface area contributed by atoms with Crippen molar-refractivity contribution in [1.29, 1.82) is 0 Å². The number of amides is 1. The smallest absolute Gasteiger partial charge is 0.236 e. The number of nitrogens with zero attached hydrogens (tertiary/aromatic N) is 2. The summed E-state index contributed by atoms with van der Waals surface area (Å²) in [5, 5.41) is 2.92. The van der Waals surface area contributed by atoms with Gasteiger partial charge in [0.05, 0.1) is 5.41 Å². The van der Waals surface area contributed by atoms with E-state index in [1.165, 1.54) is 36.9 Å². The van der Waals surface area contributed by atoms with E-state index in [0.717, 1.165) is 23.2 Å². The number of nitrogens with one attached hydrogen (secondary N) is 1. The van der Waals surface area contributed by atoms with Crippen molar-refractivity contribution in [2.45, 2.75) is 76.5 Å². The summed E-state index contributed by atoms with van der Waals surface area (Å²) in [6, 6.07) is 15.9. The molecular formula is C30H33N3O2. The normalized spacial score (nSPS) is 20.5. The molecule has 5 nitrogen and oxygen atoms in total. The number of hydrogen-bond donors (Lipinski definition) is 1. The van der Waals surface area contributed by atoms with Crippen LogP contribution in [-0.4, -0.2) is 21.7 Å². The lowest BCUT2D eigenvalue weighted by atomic mass is 9.71. The Hall–Kier alpha value is -3.34. The predicted molar refractivity (Wildman–Crippen MR) is 138 cm³/mol. The molecular weight excluding hydrogens is 434 g/mol. The van der Waals surface area contributed by atoms with Crippen LogP contribution >= 0.6 is 0 Å². The van der Waals surface area contributed by atoms with Gasteiger partial charge in [0.1, 0.15) is 5.82 Å². The van der Waals surface area contributed by atoms with Crippen LogP contribution in [0.2, 0.25) is 0 Å². The third-order valence-corrected chi connectivity index (χ3v) is 8.12. The Morgan fingerprint density at radius 3 is 2.63 bits per heavy atom. The lowest BCUT2D eigenvalue weighted by Gasteiger charge is -2.30. The van der Waals surface area contributed by atoms with E-state index < -0.39 is 5.41 Å². The largest absolute Gasteiger partial charge is 0.310 e. The van der Waals surface area contributed by atoms with Crippen molar-refractivity contribution in [3.05, 3.63) is 88.4 Å². The first-order valence-electron chi connectivity index (χ1n) is 12.7. The first-order chi connectivity index (χ1) is 16.9. The van der Waals surface area contributed by atoms with Crippen LogP contribution in [0.3, 0.4) is 0 Å². The van der Waals surface area contributed by atoms with Crippen LogP contribution in [0.1, 0.15) is 96.2 Å². The number of fused-ring (bicyclic) bond motifs is 1. The molecule has 5 heteroatoms. The van der Waals surface area contributed by atoms with Crippen LogP contribution in [0.25, 0.3) is 0 Å². The molecule has 1 aliphatic carbocycles. The number of rotatable bonds is 7. The van der Waals surface area contributed by atoms with Crippen molar-refractivity contribution in [2.24, 2.45) is 0 Å². The molecule has 1 saturated carbocycles. The molecule has 3 aromatic rings. The van der Waals surface area contributed by atoms with Crippen LogP contribution in [0.5, 0.6) is 0 Å². The minimum atomic E-state index is -0.703. The Balaban J connectivity index is 1.27. The fraction of sp³-hybridized carbons (Fsp3) is 0.400. The number of carbonyl (C=O) groups excluding carboxylic acids is 2. The molecule has 1 N–H and O–H groups in total. The summed E-state index contributed by atoms with van der Waals surface area (Å²) >= 11 is 0. The van der Waals surface area contributed by atoms with Crippen LogP contribution in [-0.2, 0) is 16.6 Å². The molecule has 1 fully saturated rings. The summed E-state index contributed by atoms with van der Waals surface area (Å²) in [6.07, 6.45) is 7.92. The fourth-order valence-corrected chi connectivity index (χ4v) is 5.75. The molecule has 0 saturated heterocycles. The van der Waals surface area contributed by atoms with Gasteiger partial charge < -0.3 is 5.32 Å². The van der Waals surface area contributed by atoms with E-state index in [1.54, 1.807) is 6.20 Å². The SMILES string of the molecule is Cc1cc(CCC(=O)c2ccc([C@@H](C)[C@@]3(C)C(=O)Nc4ncccc43)cc2)cc(C2CCCC2)n1. The Kier molecular flexibility index (Phi) is 6.26. The van der Waals surface area contributed by atoms with Gasteiger partial charge in [-0.1, -0.05) is 50.1 Å². The average molecular weight is 468 g/mol. The lowest BCUT2D eigenvalue weighted by molar-refractivity contribution is -0.120. The van der Waals surface area contributed by atoms with Crippen LogP contribution in [0.15, 0.2) is 54.7 Å². The molecule has 0 bridgehead atoms. The third-order valence-electron chi connectivity index (χ3n) is 8.12. The third kappa shape index (κ3) is 4.40. The molecule has 2 aromatic heterocycles. The van der Waals surface area contributed by atoms with Crippen molar-refractivity contribution in [3.8, 4) is 0 Å². The van der Waals surface area contributed by atoms with Gasteiger partial charge in [0.25, 0.3) is 0 Å². The minimum Gasteiger partial charge on any atom is -0.310 e. The lowest BCUT2D eigenvalue weighted by Crippen LogP contribution is -2.36. The highest BCUT2D eigenvalue weighted by atomic mass is 16.2. The Morgan fingerprint density at radius 1 is 1.14 bits per heavy atom. The maximum Gasteiger partial charge on any atom is 0.236 e. The van der Waals surface area contributed by atoms with Gasteiger partial charge in [-0.25, -0.2) is 4.98 Å². The summed E-state index contributed by atoms with van der Waals surface area (Å²) < 4.78 is 0. The number of Topliss-reactive ketones (excluding diaryl/α,β-unsaturated/α-hetero) is 1. The summed E-state index contributed by atoms with van der Waals surface area (Å²) in [5.41, 5.74) is 5.40. The van der Waals surface area contributed by atoms with Gasteiger partial charge in [0.15, 0.2) is 5.78 Å². The Morgan fingerprint density at radius 2 is 1.89 bits per heavy atom. The fourth-order valence-electron chi connectivity index (χ4n) is 5.75. The van der Waals surface area contributed by atoms with Crippen molar-refractivity contribution in [3.63, 3.8) is 0 Å². The van der Waals surface area contributed by atoms with E-state index in [1.807, 2.05) is 50.2 Å². The highest BCUT2D eigenvalue weighted by Crippen LogP contribution is 2.46. The van der Waals surface area contributed by atoms with E-state index in [4.69, 9.17) is 4.98 Å². The molecule has 3 heterocycles. The van der Waals surface area contributed by atoms with Crippen LogP contribution < -0.4 is 5.32 Å². The number of aryl methyl sites for hydroxylation is 2. The van der Waals surface area contributed by atoms with Crippen molar-refractivity contribution >= 4 is 17.5 Å². The number of anilines is 1. The Labute approximate surface area is 207 Å². The second-order valence-electron chi connectivity index (χ2n) is 10.3. The van der Waals surface area contributed by atoms with E-state index in [-0.39, 0.29) is 17.6 Å². The van der Waals surface area contributed by atoms with Gasteiger partial charge in [-0.3, -0.25) is 14.6 Å². The summed E-state index contributed by atoms with van der Waals surface area (Å²) in [6.45, 7) is 6.07. The van der Waals surface area contributed by atoms with E-state index in [0.29, 0.717) is 23.7 Å². The van der Waals surface area contributed by atoms with Gasteiger partial charge in [-0.05, 0) is 68.4 Å². The number of benzene rings is 1. The minimum absolute atomic E-state index is 0.0385. The van der Waals surface area contributed by atoms with Gasteiger partial charge >= 0.3 is 0 Å². The maximum atomic E-state index is 13.0. The molecule has 5 rings (SSSR count). The van der Waals surface area contributed by atoms with Crippen LogP contribution in [0, 0.1) is 6.92 Å². The second kappa shape index (κ2) is 9.37.